The van der Waals surface area contributed by atoms with Crippen molar-refractivity contribution in [3.8, 4) is 0 Å². The zero-order valence-corrected chi connectivity index (χ0v) is 11.0. The van der Waals surface area contributed by atoms with Crippen LogP contribution >= 0.6 is 12.2 Å². The molecule has 3 heteroatoms. The second-order valence-corrected chi connectivity index (χ2v) is 5.47. The number of hydrogen-bond donors (Lipinski definition) is 2. The largest absolute Gasteiger partial charge is 0.362 e. The molecule has 1 aromatic carbocycles. The molecule has 0 heterocycles. The normalized spacial score (nSPS) is 10.9. The molecule has 0 aliphatic rings. The Bertz CT molecular complexity index is 328. The van der Waals surface area contributed by atoms with Gasteiger partial charge in [0.05, 0.1) is 0 Å². The van der Waals surface area contributed by atoms with E-state index in [1.807, 2.05) is 30.3 Å². The van der Waals surface area contributed by atoms with Crippen molar-refractivity contribution < 1.29 is 0 Å². The summed E-state index contributed by atoms with van der Waals surface area (Å²) in [6, 6.07) is 9.96. The Morgan fingerprint density at radius 2 is 1.81 bits per heavy atom. The van der Waals surface area contributed by atoms with Gasteiger partial charge in [0.15, 0.2) is 5.11 Å². The molecule has 2 N–H and O–H groups in total. The Labute approximate surface area is 103 Å². The molecule has 16 heavy (non-hydrogen) atoms. The maximum absolute atomic E-state index is 5.20. The van der Waals surface area contributed by atoms with Gasteiger partial charge in [0.25, 0.3) is 0 Å². The van der Waals surface area contributed by atoms with Crippen LogP contribution in [0.15, 0.2) is 30.3 Å². The van der Waals surface area contributed by atoms with E-state index in [9.17, 15) is 0 Å². The summed E-state index contributed by atoms with van der Waals surface area (Å²) in [5, 5.41) is 7.05. The Hall–Kier alpha value is -1.09. The molecule has 1 aromatic rings. The number of thiocarbonyl (C=S) groups is 1. The first kappa shape index (κ1) is 13.0. The van der Waals surface area contributed by atoms with Gasteiger partial charge in [-0.3, -0.25) is 0 Å². The molecule has 0 amide bonds. The molecule has 0 aliphatic heterocycles. The van der Waals surface area contributed by atoms with Crippen molar-refractivity contribution in [2.24, 2.45) is 5.41 Å². The van der Waals surface area contributed by atoms with Gasteiger partial charge in [-0.2, -0.15) is 0 Å². The molecule has 0 aliphatic carbocycles. The third-order valence-electron chi connectivity index (χ3n) is 2.19. The third-order valence-corrected chi connectivity index (χ3v) is 2.44. The smallest absolute Gasteiger partial charge is 0.170 e. The van der Waals surface area contributed by atoms with E-state index in [0.717, 1.165) is 18.7 Å². The maximum Gasteiger partial charge on any atom is 0.170 e. The lowest BCUT2D eigenvalue weighted by molar-refractivity contribution is 0.378. The van der Waals surface area contributed by atoms with Gasteiger partial charge in [-0.05, 0) is 36.2 Å². The van der Waals surface area contributed by atoms with Crippen molar-refractivity contribution in [2.75, 3.05) is 11.9 Å². The molecule has 0 aromatic heterocycles. The minimum atomic E-state index is 0.343. The van der Waals surface area contributed by atoms with Gasteiger partial charge in [-0.1, -0.05) is 39.0 Å². The van der Waals surface area contributed by atoms with Crippen molar-refractivity contribution >= 4 is 23.0 Å². The summed E-state index contributed by atoms with van der Waals surface area (Å²) >= 11 is 5.20. The van der Waals surface area contributed by atoms with Crippen LogP contribution in [0.4, 0.5) is 5.69 Å². The van der Waals surface area contributed by atoms with Crippen LogP contribution in [0.1, 0.15) is 27.2 Å². The molecule has 0 unspecified atom stereocenters. The van der Waals surface area contributed by atoms with E-state index in [1.54, 1.807) is 0 Å². The molecule has 0 radical (unpaired) electrons. The van der Waals surface area contributed by atoms with Crippen LogP contribution in [-0.4, -0.2) is 11.7 Å². The van der Waals surface area contributed by atoms with Gasteiger partial charge in [0.2, 0.25) is 0 Å². The highest BCUT2D eigenvalue weighted by molar-refractivity contribution is 7.80. The lowest BCUT2D eigenvalue weighted by Gasteiger charge is -2.19. The van der Waals surface area contributed by atoms with Crippen LogP contribution in [0.25, 0.3) is 0 Å². The quantitative estimate of drug-likeness (QED) is 0.786. The third kappa shape index (κ3) is 5.71. The van der Waals surface area contributed by atoms with Gasteiger partial charge < -0.3 is 10.6 Å². The Morgan fingerprint density at radius 3 is 2.38 bits per heavy atom. The molecule has 88 valence electrons. The SMILES string of the molecule is CC(C)(C)CCNC(=S)Nc1ccccc1. The molecule has 0 saturated heterocycles. The van der Waals surface area contributed by atoms with Crippen LogP contribution in [-0.2, 0) is 0 Å². The molecule has 2 nitrogen and oxygen atoms in total. The minimum absolute atomic E-state index is 0.343. The molecule has 0 bridgehead atoms. The number of para-hydroxylation sites is 1. The monoisotopic (exact) mass is 236 g/mol. The second-order valence-electron chi connectivity index (χ2n) is 5.06. The van der Waals surface area contributed by atoms with Crippen LogP contribution in [0, 0.1) is 5.41 Å². The van der Waals surface area contributed by atoms with E-state index < -0.39 is 0 Å². The molecule has 0 saturated carbocycles. The first-order valence-corrected chi connectivity index (χ1v) is 5.98. The van der Waals surface area contributed by atoms with Crippen molar-refractivity contribution in [1.82, 2.24) is 5.32 Å². The van der Waals surface area contributed by atoms with Gasteiger partial charge in [-0.25, -0.2) is 0 Å². The highest BCUT2D eigenvalue weighted by Crippen LogP contribution is 2.16. The lowest BCUT2D eigenvalue weighted by Crippen LogP contribution is -2.31. The number of rotatable bonds is 3. The van der Waals surface area contributed by atoms with Crippen molar-refractivity contribution in [3.63, 3.8) is 0 Å². The summed E-state index contributed by atoms with van der Waals surface area (Å²) in [7, 11) is 0. The summed E-state index contributed by atoms with van der Waals surface area (Å²) in [5.74, 6) is 0. The minimum Gasteiger partial charge on any atom is -0.362 e. The molecule has 1 rings (SSSR count). The number of benzene rings is 1. The van der Waals surface area contributed by atoms with E-state index in [0.29, 0.717) is 10.5 Å². The number of anilines is 1. The second kappa shape index (κ2) is 5.85. The standard InChI is InChI=1S/C13H20N2S/c1-13(2,3)9-10-14-12(16)15-11-7-5-4-6-8-11/h4-8H,9-10H2,1-3H3,(H2,14,15,16). The summed E-state index contributed by atoms with van der Waals surface area (Å²) < 4.78 is 0. The fraction of sp³-hybridized carbons (Fsp3) is 0.462. The topological polar surface area (TPSA) is 24.1 Å². The number of hydrogen-bond acceptors (Lipinski definition) is 1. The van der Waals surface area contributed by atoms with Gasteiger partial charge >= 0.3 is 0 Å². The molecule has 0 atom stereocenters. The first-order valence-electron chi connectivity index (χ1n) is 5.57. The summed E-state index contributed by atoms with van der Waals surface area (Å²) in [6.07, 6.45) is 1.10. The van der Waals surface area contributed by atoms with Crippen molar-refractivity contribution in [2.45, 2.75) is 27.2 Å². The van der Waals surface area contributed by atoms with E-state index >= 15 is 0 Å². The van der Waals surface area contributed by atoms with Crippen LogP contribution in [0.2, 0.25) is 0 Å². The highest BCUT2D eigenvalue weighted by Gasteiger charge is 2.09. The molecular weight excluding hydrogens is 216 g/mol. The highest BCUT2D eigenvalue weighted by atomic mass is 32.1. The number of nitrogens with one attached hydrogen (secondary N) is 2. The summed E-state index contributed by atoms with van der Waals surface area (Å²) in [4.78, 5) is 0. The summed E-state index contributed by atoms with van der Waals surface area (Å²) in [6.45, 7) is 7.58. The van der Waals surface area contributed by atoms with Crippen LogP contribution in [0.5, 0.6) is 0 Å². The van der Waals surface area contributed by atoms with Gasteiger partial charge in [-0.15, -0.1) is 0 Å². The fourth-order valence-corrected chi connectivity index (χ4v) is 1.47. The molecule has 0 fully saturated rings. The predicted octanol–water partition coefficient (Wildman–Crippen LogP) is 3.41. The van der Waals surface area contributed by atoms with Gasteiger partial charge in [0.1, 0.15) is 0 Å². The van der Waals surface area contributed by atoms with Crippen LogP contribution < -0.4 is 10.6 Å². The van der Waals surface area contributed by atoms with E-state index in [-0.39, 0.29) is 0 Å². The first-order chi connectivity index (χ1) is 7.47. The fourth-order valence-electron chi connectivity index (χ4n) is 1.25. The Balaban J connectivity index is 2.27. The average molecular weight is 236 g/mol. The zero-order valence-electron chi connectivity index (χ0n) is 10.2. The Kier molecular flexibility index (Phi) is 4.74. The summed E-state index contributed by atoms with van der Waals surface area (Å²) in [5.41, 5.74) is 1.37. The average Bonchev–Trinajstić information content (AvgIpc) is 2.17. The predicted molar refractivity (Wildman–Crippen MR) is 74.7 cm³/mol. The lowest BCUT2D eigenvalue weighted by atomic mass is 9.92. The van der Waals surface area contributed by atoms with E-state index in [1.165, 1.54) is 0 Å². The molecular formula is C13H20N2S. The zero-order chi connectivity index (χ0) is 12.0. The van der Waals surface area contributed by atoms with E-state index in [4.69, 9.17) is 12.2 Å². The van der Waals surface area contributed by atoms with Crippen molar-refractivity contribution in [3.05, 3.63) is 30.3 Å². The van der Waals surface area contributed by atoms with E-state index in [2.05, 4.69) is 31.4 Å². The maximum atomic E-state index is 5.20. The Morgan fingerprint density at radius 1 is 1.19 bits per heavy atom. The van der Waals surface area contributed by atoms with Crippen LogP contribution in [0.3, 0.4) is 0 Å². The van der Waals surface area contributed by atoms with Gasteiger partial charge in [0, 0.05) is 12.2 Å². The molecule has 0 spiro atoms. The van der Waals surface area contributed by atoms with Crippen molar-refractivity contribution in [1.29, 1.82) is 0 Å².